The average molecular weight is 105 g/mol. The van der Waals surface area contributed by atoms with E-state index in [2.05, 4.69) is 0 Å². The van der Waals surface area contributed by atoms with E-state index in [9.17, 15) is 0 Å². The molecule has 0 amide bonds. The van der Waals surface area contributed by atoms with Crippen molar-refractivity contribution in [2.24, 2.45) is 0 Å². The Hall–Kier alpha value is 0.500. The largest absolute Gasteiger partial charge is 0.506 e. The summed E-state index contributed by atoms with van der Waals surface area (Å²) in [4.78, 5) is 0. The third-order valence-electron chi connectivity index (χ3n) is 0. The fourth-order valence-corrected chi connectivity index (χ4v) is 0. The molecule has 0 aliphatic rings. The standard InChI is InChI=1S/ClHO2.ClH/c2-1-3;/h2H;1H. The van der Waals surface area contributed by atoms with Crippen LogP contribution in [-0.4, -0.2) is 4.66 Å². The third-order valence-corrected chi connectivity index (χ3v) is 0. The Bertz CT molecular complexity index is 4.00. The lowest BCUT2D eigenvalue weighted by Crippen LogP contribution is -1.94. The molecule has 0 aliphatic carbocycles. The molecule has 2 nitrogen and oxygen atoms in total. The van der Waals surface area contributed by atoms with Crippen molar-refractivity contribution in [3.63, 3.8) is 0 Å². The lowest BCUT2D eigenvalue weighted by Gasteiger charge is -1.46. The highest BCUT2D eigenvalue weighted by atomic mass is 35.6. The van der Waals surface area contributed by atoms with E-state index >= 15 is 0 Å². The summed E-state index contributed by atoms with van der Waals surface area (Å²) < 4.78 is 15.2. The molecule has 28 valence electrons. The fourth-order valence-electron chi connectivity index (χ4n) is 0. The molecule has 4 heteroatoms. The van der Waals surface area contributed by atoms with Crippen LogP contribution in [0.3, 0.4) is 0 Å². The van der Waals surface area contributed by atoms with Crippen molar-refractivity contribution in [3.05, 3.63) is 0 Å². The highest BCUT2D eigenvalue weighted by Gasteiger charge is 1.47. The van der Waals surface area contributed by atoms with Crippen LogP contribution in [0, 0.1) is 11.3 Å². The molecule has 0 bridgehead atoms. The van der Waals surface area contributed by atoms with Crippen LogP contribution in [0.2, 0.25) is 0 Å². The maximum Gasteiger partial charge on any atom is 0.327 e. The smallest absolute Gasteiger partial charge is 0.327 e. The zero-order chi connectivity index (χ0) is 2.71. The Morgan fingerprint density at radius 1 is 1.75 bits per heavy atom. The van der Waals surface area contributed by atoms with Crippen molar-refractivity contribution >= 4 is 12.4 Å². The number of halogens is 2. The first kappa shape index (κ1) is 8.82. The fraction of sp³-hybridized carbons (Fsp3) is 0. The Morgan fingerprint density at radius 3 is 1.75 bits per heavy atom. The van der Waals surface area contributed by atoms with Gasteiger partial charge in [-0.15, -0.1) is 17.1 Å². The monoisotopic (exact) mass is 104 g/mol. The second-order valence-electron chi connectivity index (χ2n) is 0.0690. The molecule has 0 radical (unpaired) electrons. The van der Waals surface area contributed by atoms with Crippen LogP contribution < -0.4 is 4.66 Å². The van der Waals surface area contributed by atoms with Crippen molar-refractivity contribution < 1.29 is 20.6 Å². The minimum atomic E-state index is -0.167. The van der Waals surface area contributed by atoms with Gasteiger partial charge < -0.3 is 4.66 Å². The highest BCUT2D eigenvalue weighted by Crippen LogP contribution is 1.13. The van der Waals surface area contributed by atoms with E-state index in [1.807, 2.05) is 0 Å². The second kappa shape index (κ2) is 9.72. The summed E-state index contributed by atoms with van der Waals surface area (Å²) >= 11 is -0.167. The van der Waals surface area contributed by atoms with Crippen LogP contribution in [0.1, 0.15) is 0 Å². The van der Waals surface area contributed by atoms with Gasteiger partial charge in [0, 0.05) is 0 Å². The summed E-state index contributed by atoms with van der Waals surface area (Å²) in [5, 5.41) is 0. The van der Waals surface area contributed by atoms with E-state index in [4.69, 9.17) is 9.32 Å². The van der Waals surface area contributed by atoms with Gasteiger partial charge in [-0.1, -0.05) is 0 Å². The zero-order valence-corrected chi connectivity index (χ0v) is 3.21. The number of rotatable bonds is 0. The minimum Gasteiger partial charge on any atom is -0.506 e. The molecule has 0 unspecified atom stereocenters. The third kappa shape index (κ3) is 22.5. The maximum atomic E-state index is 8.35. The summed E-state index contributed by atoms with van der Waals surface area (Å²) in [7, 11) is 0. The molecule has 0 aliphatic heterocycles. The van der Waals surface area contributed by atoms with Crippen molar-refractivity contribution in [2.45, 2.75) is 0 Å². The predicted octanol–water partition coefficient (Wildman–Crippen LogP) is -1.32. The van der Waals surface area contributed by atoms with Gasteiger partial charge in [0.25, 0.3) is 0 Å². The van der Waals surface area contributed by atoms with Gasteiger partial charge in [-0.2, -0.15) is 0 Å². The predicted molar refractivity (Wildman–Crippen MR) is 9.47 cm³/mol. The first-order chi connectivity index (χ1) is 1.41. The molecule has 4 heavy (non-hydrogen) atoms. The van der Waals surface area contributed by atoms with Crippen molar-refractivity contribution in [3.8, 4) is 0 Å². The van der Waals surface area contributed by atoms with Crippen LogP contribution in [-0.2, 0) is 0 Å². The SMILES string of the molecule is Cl.[O-][Cl+]O. The van der Waals surface area contributed by atoms with E-state index in [1.165, 1.54) is 0 Å². The first-order valence-electron chi connectivity index (χ1n) is 0.323. The molecule has 0 aromatic rings. The lowest BCUT2D eigenvalue weighted by molar-refractivity contribution is -1.27. The minimum absolute atomic E-state index is 0. The highest BCUT2D eigenvalue weighted by molar-refractivity contribution is 5.85. The van der Waals surface area contributed by atoms with Crippen molar-refractivity contribution in [2.75, 3.05) is 0 Å². The molecule has 0 heterocycles. The Balaban J connectivity index is 0. The van der Waals surface area contributed by atoms with Crippen molar-refractivity contribution in [1.82, 2.24) is 0 Å². The zero-order valence-electron chi connectivity index (χ0n) is 1.64. The first-order valence-corrected chi connectivity index (χ1v) is 0.970. The van der Waals surface area contributed by atoms with E-state index in [0.29, 0.717) is 0 Å². The van der Waals surface area contributed by atoms with E-state index in [-0.39, 0.29) is 23.7 Å². The van der Waals surface area contributed by atoms with Gasteiger partial charge in [0.2, 0.25) is 0 Å². The molecule has 0 atom stereocenters. The van der Waals surface area contributed by atoms with Gasteiger partial charge in [-0.05, 0) is 0 Å². The van der Waals surface area contributed by atoms with Crippen LogP contribution in [0.5, 0.6) is 0 Å². The summed E-state index contributed by atoms with van der Waals surface area (Å²) in [6.45, 7) is 0. The summed E-state index contributed by atoms with van der Waals surface area (Å²) in [5.41, 5.74) is 0. The molecular formula is H2Cl2O2. The molecule has 0 spiro atoms. The van der Waals surface area contributed by atoms with Gasteiger partial charge in [0.15, 0.2) is 0 Å². The van der Waals surface area contributed by atoms with E-state index in [1.54, 1.807) is 0 Å². The molecule has 0 aromatic carbocycles. The number of hydrogen-bond acceptors (Lipinski definition) is 2. The Kier molecular flexibility index (Phi) is 21.4. The van der Waals surface area contributed by atoms with Gasteiger partial charge >= 0.3 is 11.3 Å². The van der Waals surface area contributed by atoms with Crippen LogP contribution in [0.15, 0.2) is 0 Å². The summed E-state index contributed by atoms with van der Waals surface area (Å²) in [5.74, 6) is 0. The van der Waals surface area contributed by atoms with Gasteiger partial charge in [-0.3, -0.25) is 0 Å². The molecule has 1 N–H and O–H groups in total. The van der Waals surface area contributed by atoms with Crippen LogP contribution >= 0.6 is 12.4 Å². The Morgan fingerprint density at radius 2 is 1.75 bits per heavy atom. The quantitative estimate of drug-likeness (QED) is 0.415. The van der Waals surface area contributed by atoms with E-state index < -0.39 is 0 Å². The number of hydrogen-bond donors (Lipinski definition) is 1. The molecule has 0 saturated heterocycles. The normalized spacial score (nSPS) is 4.50. The van der Waals surface area contributed by atoms with Gasteiger partial charge in [0.1, 0.15) is 0 Å². The van der Waals surface area contributed by atoms with E-state index in [0.717, 1.165) is 0 Å². The topological polar surface area (TPSA) is 43.3 Å². The molecular weight excluding hydrogens is 103 g/mol. The lowest BCUT2D eigenvalue weighted by atomic mass is 15.9. The van der Waals surface area contributed by atoms with Crippen molar-refractivity contribution in [1.29, 1.82) is 0 Å². The maximum absolute atomic E-state index is 8.35. The second-order valence-corrected chi connectivity index (χ2v) is 0.207. The van der Waals surface area contributed by atoms with Crippen LogP contribution in [0.4, 0.5) is 0 Å². The van der Waals surface area contributed by atoms with Crippen LogP contribution in [0.25, 0.3) is 0 Å². The summed E-state index contributed by atoms with van der Waals surface area (Å²) in [6, 6.07) is 0. The average Bonchev–Trinajstić information content (AvgIpc) is 0.918. The summed E-state index contributed by atoms with van der Waals surface area (Å²) in [6.07, 6.45) is 0. The molecule has 0 saturated carbocycles. The molecule has 0 fully saturated rings. The Labute approximate surface area is 33.9 Å². The van der Waals surface area contributed by atoms with Gasteiger partial charge in [-0.25, -0.2) is 0 Å². The molecule has 0 aromatic heterocycles. The van der Waals surface area contributed by atoms with Gasteiger partial charge in [0.05, 0.1) is 0 Å². The molecule has 0 rings (SSSR count).